The molecule has 170 valence electrons. The van der Waals surface area contributed by atoms with Crippen LogP contribution in [0.15, 0.2) is 84.9 Å². The van der Waals surface area contributed by atoms with Crippen molar-refractivity contribution in [1.82, 2.24) is 9.78 Å². The van der Waals surface area contributed by atoms with Gasteiger partial charge in [-0.3, -0.25) is 10.1 Å². The average molecular weight is 457 g/mol. The zero-order valence-electron chi connectivity index (χ0n) is 18.1. The second-order valence-electron chi connectivity index (χ2n) is 7.05. The lowest BCUT2D eigenvalue weighted by atomic mass is 10.1. The predicted octanol–water partition coefficient (Wildman–Crippen LogP) is 4.84. The molecule has 9 nitrogen and oxygen atoms in total. The Morgan fingerprint density at radius 3 is 2.26 bits per heavy atom. The monoisotopic (exact) mass is 457 g/mol. The van der Waals surface area contributed by atoms with Crippen LogP contribution in [0.5, 0.6) is 5.75 Å². The summed E-state index contributed by atoms with van der Waals surface area (Å²) in [6.45, 7) is 1.72. The minimum absolute atomic E-state index is 0.0717. The Kier molecular flexibility index (Phi) is 6.45. The highest BCUT2D eigenvalue weighted by Gasteiger charge is 2.32. The SMILES string of the molecule is CCOC(=O)c1c(C(=O)Oc2ccccc2)nn(-c2cccc([N+](=O)[O-])c2)c1-c1ccccc1. The number of hydrogen-bond donors (Lipinski definition) is 0. The maximum absolute atomic E-state index is 13.1. The Labute approximate surface area is 194 Å². The summed E-state index contributed by atoms with van der Waals surface area (Å²) in [5, 5.41) is 15.7. The van der Waals surface area contributed by atoms with Gasteiger partial charge in [0.05, 0.1) is 22.9 Å². The maximum Gasteiger partial charge on any atom is 0.365 e. The van der Waals surface area contributed by atoms with Gasteiger partial charge in [0, 0.05) is 17.7 Å². The van der Waals surface area contributed by atoms with Gasteiger partial charge in [-0.05, 0) is 25.1 Å². The van der Waals surface area contributed by atoms with Crippen LogP contribution in [0.2, 0.25) is 0 Å². The molecule has 0 atom stereocenters. The lowest BCUT2D eigenvalue weighted by molar-refractivity contribution is -0.384. The zero-order chi connectivity index (χ0) is 24.1. The van der Waals surface area contributed by atoms with E-state index in [1.54, 1.807) is 73.7 Å². The molecule has 1 aromatic heterocycles. The molecule has 0 saturated carbocycles. The molecule has 34 heavy (non-hydrogen) atoms. The van der Waals surface area contributed by atoms with E-state index in [-0.39, 0.29) is 40.7 Å². The second-order valence-corrected chi connectivity index (χ2v) is 7.05. The van der Waals surface area contributed by atoms with E-state index >= 15 is 0 Å². The number of non-ortho nitro benzene ring substituents is 1. The van der Waals surface area contributed by atoms with Crippen LogP contribution in [0, 0.1) is 10.1 Å². The molecular formula is C25H19N3O6. The van der Waals surface area contributed by atoms with Crippen molar-refractivity contribution in [2.24, 2.45) is 0 Å². The fourth-order valence-electron chi connectivity index (χ4n) is 3.39. The number of nitro benzene ring substituents is 1. The van der Waals surface area contributed by atoms with Gasteiger partial charge in [-0.15, -0.1) is 0 Å². The van der Waals surface area contributed by atoms with E-state index in [0.717, 1.165) is 0 Å². The van der Waals surface area contributed by atoms with E-state index in [9.17, 15) is 19.7 Å². The first-order valence-electron chi connectivity index (χ1n) is 10.4. The number of carbonyl (C=O) groups excluding carboxylic acids is 2. The highest BCUT2D eigenvalue weighted by atomic mass is 16.6. The molecule has 4 aromatic rings. The number of ether oxygens (including phenoxy) is 2. The van der Waals surface area contributed by atoms with E-state index in [0.29, 0.717) is 5.56 Å². The van der Waals surface area contributed by atoms with Crippen molar-refractivity contribution < 1.29 is 24.0 Å². The first-order chi connectivity index (χ1) is 16.5. The van der Waals surface area contributed by atoms with Crippen molar-refractivity contribution in [2.45, 2.75) is 6.92 Å². The molecule has 0 N–H and O–H groups in total. The molecule has 0 radical (unpaired) electrons. The third-order valence-electron chi connectivity index (χ3n) is 4.84. The Bertz CT molecular complexity index is 1350. The number of para-hydroxylation sites is 1. The van der Waals surface area contributed by atoms with Gasteiger partial charge >= 0.3 is 11.9 Å². The second kappa shape index (κ2) is 9.78. The number of benzene rings is 3. The number of hydrogen-bond acceptors (Lipinski definition) is 7. The summed E-state index contributed by atoms with van der Waals surface area (Å²) in [5.41, 5.74) is 0.562. The fraction of sp³-hybridized carbons (Fsp3) is 0.0800. The minimum atomic E-state index is -0.865. The van der Waals surface area contributed by atoms with Crippen LogP contribution in [0.1, 0.15) is 27.8 Å². The number of nitro groups is 1. The van der Waals surface area contributed by atoms with Gasteiger partial charge in [0.2, 0.25) is 0 Å². The van der Waals surface area contributed by atoms with Gasteiger partial charge in [0.15, 0.2) is 5.69 Å². The van der Waals surface area contributed by atoms with Crippen LogP contribution in [0.4, 0.5) is 5.69 Å². The van der Waals surface area contributed by atoms with E-state index in [4.69, 9.17) is 9.47 Å². The molecular weight excluding hydrogens is 438 g/mol. The molecule has 0 amide bonds. The van der Waals surface area contributed by atoms with Crippen molar-refractivity contribution in [3.8, 4) is 22.7 Å². The standard InChI is InChI=1S/C25H19N3O6/c1-2-33-24(29)21-22(25(30)34-20-14-7-4-8-15-20)26-27(23(21)17-10-5-3-6-11-17)18-12-9-13-19(16-18)28(31)32/h3-16H,2H2,1H3. The first kappa shape index (κ1) is 22.4. The largest absolute Gasteiger partial charge is 0.462 e. The van der Waals surface area contributed by atoms with Crippen molar-refractivity contribution in [3.05, 3.63) is 106 Å². The lowest BCUT2D eigenvalue weighted by Crippen LogP contribution is -2.16. The van der Waals surface area contributed by atoms with Crippen molar-refractivity contribution in [1.29, 1.82) is 0 Å². The molecule has 0 aliphatic carbocycles. The molecule has 0 saturated heterocycles. The van der Waals surface area contributed by atoms with Gasteiger partial charge in [0.25, 0.3) is 5.69 Å². The summed E-state index contributed by atoms with van der Waals surface area (Å²) in [6.07, 6.45) is 0. The van der Waals surface area contributed by atoms with Crippen LogP contribution in [0.25, 0.3) is 16.9 Å². The topological polar surface area (TPSA) is 114 Å². The highest BCUT2D eigenvalue weighted by molar-refractivity contribution is 6.07. The van der Waals surface area contributed by atoms with Crippen molar-refractivity contribution in [3.63, 3.8) is 0 Å². The molecule has 0 fully saturated rings. The van der Waals surface area contributed by atoms with E-state index < -0.39 is 16.9 Å². The fourth-order valence-corrected chi connectivity index (χ4v) is 3.39. The molecule has 9 heteroatoms. The summed E-state index contributed by atoms with van der Waals surface area (Å²) in [6, 6.07) is 22.9. The minimum Gasteiger partial charge on any atom is -0.462 e. The van der Waals surface area contributed by atoms with Gasteiger partial charge < -0.3 is 9.47 Å². The normalized spacial score (nSPS) is 10.5. The molecule has 0 bridgehead atoms. The number of esters is 2. The molecule has 1 heterocycles. The first-order valence-corrected chi connectivity index (χ1v) is 10.4. The quantitative estimate of drug-likeness (QED) is 0.169. The van der Waals surface area contributed by atoms with E-state index in [1.165, 1.54) is 22.9 Å². The van der Waals surface area contributed by atoms with Crippen LogP contribution < -0.4 is 4.74 Å². The van der Waals surface area contributed by atoms with Gasteiger partial charge in [-0.1, -0.05) is 54.6 Å². The molecule has 0 aliphatic heterocycles. The number of carbonyl (C=O) groups is 2. The Morgan fingerprint density at radius 1 is 0.941 bits per heavy atom. The Hall–Kier alpha value is -4.79. The third kappa shape index (κ3) is 4.53. The van der Waals surface area contributed by atoms with Crippen molar-refractivity contribution >= 4 is 17.6 Å². The Balaban J connectivity index is 1.96. The van der Waals surface area contributed by atoms with Crippen LogP contribution >= 0.6 is 0 Å². The zero-order valence-corrected chi connectivity index (χ0v) is 18.1. The van der Waals surface area contributed by atoms with E-state index in [1.807, 2.05) is 0 Å². The van der Waals surface area contributed by atoms with Crippen molar-refractivity contribution in [2.75, 3.05) is 6.61 Å². The molecule has 0 unspecified atom stereocenters. The van der Waals surface area contributed by atoms with Crippen LogP contribution in [-0.2, 0) is 4.74 Å². The number of rotatable bonds is 7. The van der Waals surface area contributed by atoms with Gasteiger partial charge in [-0.2, -0.15) is 5.10 Å². The number of aromatic nitrogens is 2. The average Bonchev–Trinajstić information content (AvgIpc) is 3.26. The van der Waals surface area contributed by atoms with Crippen LogP contribution in [-0.4, -0.2) is 33.2 Å². The molecule has 0 spiro atoms. The van der Waals surface area contributed by atoms with Gasteiger partial charge in [0.1, 0.15) is 11.3 Å². The lowest BCUT2D eigenvalue weighted by Gasteiger charge is -2.10. The maximum atomic E-state index is 13.1. The smallest absolute Gasteiger partial charge is 0.365 e. The van der Waals surface area contributed by atoms with Crippen LogP contribution in [0.3, 0.4) is 0 Å². The summed E-state index contributed by atoms with van der Waals surface area (Å²) < 4.78 is 12.0. The third-order valence-corrected chi connectivity index (χ3v) is 4.84. The highest BCUT2D eigenvalue weighted by Crippen LogP contribution is 2.31. The molecule has 3 aromatic carbocycles. The molecule has 4 rings (SSSR count). The summed E-state index contributed by atoms with van der Waals surface area (Å²) in [4.78, 5) is 37.0. The predicted molar refractivity (Wildman–Crippen MR) is 123 cm³/mol. The summed E-state index contributed by atoms with van der Waals surface area (Å²) in [7, 11) is 0. The van der Waals surface area contributed by atoms with Gasteiger partial charge in [-0.25, -0.2) is 14.3 Å². The number of nitrogens with zero attached hydrogens (tertiary/aromatic N) is 3. The molecule has 0 aliphatic rings. The summed E-state index contributed by atoms with van der Waals surface area (Å²) in [5.74, 6) is -1.36. The van der Waals surface area contributed by atoms with E-state index in [2.05, 4.69) is 5.10 Å². The Morgan fingerprint density at radius 2 is 1.62 bits per heavy atom. The summed E-state index contributed by atoms with van der Waals surface area (Å²) >= 11 is 0.